The third-order valence-electron chi connectivity index (χ3n) is 1.49. The van der Waals surface area contributed by atoms with Crippen LogP contribution in [0.2, 0.25) is 0 Å². The van der Waals surface area contributed by atoms with Crippen LogP contribution in [-0.2, 0) is 10.7 Å². The molecule has 5 nitrogen and oxygen atoms in total. The van der Waals surface area contributed by atoms with Gasteiger partial charge >= 0.3 is 0 Å². The van der Waals surface area contributed by atoms with Crippen LogP contribution < -0.4 is 0 Å². The Kier molecular flexibility index (Phi) is 1.54. The topological polar surface area (TPSA) is 75.7 Å². The van der Waals surface area contributed by atoms with E-state index in [9.17, 15) is 8.42 Å². The number of nitrogens with zero attached hydrogens (tertiary/aromatic N) is 2. The highest BCUT2D eigenvalue weighted by molar-refractivity contribution is 7.72. The van der Waals surface area contributed by atoms with Gasteiger partial charge in [-0.3, -0.25) is 5.10 Å². The van der Waals surface area contributed by atoms with Gasteiger partial charge in [-0.1, -0.05) is 0 Å². The standard InChI is InChI=1S/C6H5N3O2S/c10-12(11)6-4-2-1-3-7-5(4)8-9-6/h1-3,12H,(H,7,8,9). The van der Waals surface area contributed by atoms with Crippen LogP contribution in [0.1, 0.15) is 0 Å². The molecule has 0 bridgehead atoms. The average molecular weight is 183 g/mol. The minimum Gasteiger partial charge on any atom is -0.260 e. The number of H-pyrrole nitrogens is 1. The molecule has 6 heteroatoms. The Bertz CT molecular complexity index is 480. The molecular weight excluding hydrogens is 178 g/mol. The van der Waals surface area contributed by atoms with Crippen LogP contribution in [0.3, 0.4) is 0 Å². The zero-order valence-electron chi connectivity index (χ0n) is 5.89. The van der Waals surface area contributed by atoms with Crippen LogP contribution in [0, 0.1) is 0 Å². The van der Waals surface area contributed by atoms with Gasteiger partial charge in [-0.15, -0.1) is 0 Å². The predicted molar refractivity (Wildman–Crippen MR) is 42.5 cm³/mol. The fraction of sp³-hybridized carbons (Fsp3) is 0. The molecule has 0 unspecified atom stereocenters. The van der Waals surface area contributed by atoms with Gasteiger partial charge in [0.1, 0.15) is 0 Å². The molecule has 0 fully saturated rings. The van der Waals surface area contributed by atoms with Crippen molar-refractivity contribution < 1.29 is 8.42 Å². The minimum absolute atomic E-state index is 0.0492. The number of nitrogens with one attached hydrogen (secondary N) is 1. The van der Waals surface area contributed by atoms with Gasteiger partial charge in [-0.05, 0) is 12.1 Å². The summed E-state index contributed by atoms with van der Waals surface area (Å²) >= 11 is 0. The molecule has 12 heavy (non-hydrogen) atoms. The van der Waals surface area contributed by atoms with Gasteiger partial charge in [0.25, 0.3) is 0 Å². The summed E-state index contributed by atoms with van der Waals surface area (Å²) in [6.07, 6.45) is 1.57. The first-order valence-corrected chi connectivity index (χ1v) is 4.40. The number of hydrogen-bond donors (Lipinski definition) is 2. The van der Waals surface area contributed by atoms with Gasteiger partial charge < -0.3 is 0 Å². The lowest BCUT2D eigenvalue weighted by atomic mass is 10.4. The third kappa shape index (κ3) is 0.964. The summed E-state index contributed by atoms with van der Waals surface area (Å²) in [5.74, 6) is 0. The second-order valence-electron chi connectivity index (χ2n) is 2.20. The van der Waals surface area contributed by atoms with E-state index in [1.807, 2.05) is 0 Å². The maximum absolute atomic E-state index is 10.6. The first-order valence-electron chi connectivity index (χ1n) is 3.22. The summed E-state index contributed by atoms with van der Waals surface area (Å²) in [5, 5.41) is 6.72. The molecule has 2 aromatic heterocycles. The normalized spacial score (nSPS) is 11.1. The summed E-state index contributed by atoms with van der Waals surface area (Å²) < 4.78 is 21.2. The maximum atomic E-state index is 10.6. The van der Waals surface area contributed by atoms with Crippen LogP contribution >= 0.6 is 0 Å². The van der Waals surface area contributed by atoms with Gasteiger partial charge in [-0.25, -0.2) is 13.4 Å². The van der Waals surface area contributed by atoms with Crippen LogP contribution in [0.25, 0.3) is 11.0 Å². The first kappa shape index (κ1) is 7.23. The summed E-state index contributed by atoms with van der Waals surface area (Å²) in [7, 11) is -2.64. The molecule has 0 aliphatic rings. The van der Waals surface area contributed by atoms with E-state index in [0.717, 1.165) is 0 Å². The van der Waals surface area contributed by atoms with Crippen molar-refractivity contribution >= 4 is 21.7 Å². The number of hydrogen-bond acceptors (Lipinski definition) is 4. The maximum Gasteiger partial charge on any atom is 0.188 e. The van der Waals surface area contributed by atoms with Crippen LogP contribution in [0.5, 0.6) is 0 Å². The largest absolute Gasteiger partial charge is 0.260 e. The zero-order chi connectivity index (χ0) is 8.55. The fourth-order valence-electron chi connectivity index (χ4n) is 0.980. The van der Waals surface area contributed by atoms with E-state index in [2.05, 4.69) is 15.2 Å². The molecule has 2 aromatic rings. The zero-order valence-corrected chi connectivity index (χ0v) is 6.78. The van der Waals surface area contributed by atoms with E-state index in [-0.39, 0.29) is 5.03 Å². The van der Waals surface area contributed by atoms with Crippen LogP contribution in [-0.4, -0.2) is 23.6 Å². The van der Waals surface area contributed by atoms with Crippen LogP contribution in [0.4, 0.5) is 0 Å². The van der Waals surface area contributed by atoms with Crippen molar-refractivity contribution in [1.82, 2.24) is 15.2 Å². The van der Waals surface area contributed by atoms with E-state index >= 15 is 0 Å². The second kappa shape index (κ2) is 2.56. The van der Waals surface area contributed by atoms with Crippen molar-refractivity contribution in [2.24, 2.45) is 0 Å². The highest BCUT2D eigenvalue weighted by Crippen LogP contribution is 2.12. The molecule has 0 amide bonds. The predicted octanol–water partition coefficient (Wildman–Crippen LogP) is -0.0718. The molecule has 0 aromatic carbocycles. The summed E-state index contributed by atoms with van der Waals surface area (Å²) in [6.45, 7) is 0. The van der Waals surface area contributed by atoms with Crippen LogP contribution in [0.15, 0.2) is 23.4 Å². The Morgan fingerprint density at radius 2 is 2.25 bits per heavy atom. The van der Waals surface area contributed by atoms with E-state index in [1.165, 1.54) is 0 Å². The Hall–Kier alpha value is -1.43. The molecule has 0 aliphatic heterocycles. The summed E-state index contributed by atoms with van der Waals surface area (Å²) in [6, 6.07) is 3.33. The molecule has 0 saturated carbocycles. The third-order valence-corrected chi connectivity index (χ3v) is 2.18. The molecule has 0 saturated heterocycles. The summed E-state index contributed by atoms with van der Waals surface area (Å²) in [5.41, 5.74) is 0.492. The highest BCUT2D eigenvalue weighted by Gasteiger charge is 2.06. The van der Waals surface area contributed by atoms with Gasteiger partial charge in [0, 0.05) is 6.20 Å². The van der Waals surface area contributed by atoms with Crippen molar-refractivity contribution in [3.05, 3.63) is 18.3 Å². The fourth-order valence-corrected chi connectivity index (χ4v) is 1.49. The van der Waals surface area contributed by atoms with Crippen molar-refractivity contribution in [2.45, 2.75) is 5.03 Å². The second-order valence-corrected chi connectivity index (χ2v) is 3.14. The molecule has 2 heterocycles. The first-order chi connectivity index (χ1) is 5.79. The monoisotopic (exact) mass is 183 g/mol. The van der Waals surface area contributed by atoms with Gasteiger partial charge in [-0.2, -0.15) is 5.10 Å². The van der Waals surface area contributed by atoms with Crippen molar-refractivity contribution in [3.63, 3.8) is 0 Å². The van der Waals surface area contributed by atoms with E-state index < -0.39 is 10.7 Å². The smallest absolute Gasteiger partial charge is 0.188 e. The molecule has 0 aliphatic carbocycles. The van der Waals surface area contributed by atoms with E-state index in [0.29, 0.717) is 11.0 Å². The average Bonchev–Trinajstić information content (AvgIpc) is 2.47. The number of rotatable bonds is 1. The molecule has 0 spiro atoms. The number of pyridine rings is 1. The lowest BCUT2D eigenvalue weighted by molar-refractivity contribution is 0.611. The lowest BCUT2D eigenvalue weighted by Gasteiger charge is -1.84. The molecule has 62 valence electrons. The van der Waals surface area contributed by atoms with E-state index in [1.54, 1.807) is 18.3 Å². The number of thiol groups is 1. The Morgan fingerprint density at radius 3 is 3.00 bits per heavy atom. The molecule has 2 rings (SSSR count). The molecule has 0 atom stereocenters. The minimum atomic E-state index is -2.64. The Labute approximate surface area is 69.4 Å². The quantitative estimate of drug-likeness (QED) is 0.607. The summed E-state index contributed by atoms with van der Waals surface area (Å²) in [4.78, 5) is 3.90. The lowest BCUT2D eigenvalue weighted by Crippen LogP contribution is -1.79. The molecule has 0 radical (unpaired) electrons. The highest BCUT2D eigenvalue weighted by atomic mass is 32.2. The van der Waals surface area contributed by atoms with Gasteiger partial charge in [0.2, 0.25) is 0 Å². The number of fused-ring (bicyclic) bond motifs is 1. The molecule has 1 N–H and O–H groups in total. The van der Waals surface area contributed by atoms with Gasteiger partial charge in [0.05, 0.1) is 5.39 Å². The Morgan fingerprint density at radius 1 is 1.42 bits per heavy atom. The van der Waals surface area contributed by atoms with Gasteiger partial charge in [0.15, 0.2) is 21.4 Å². The number of aromatic nitrogens is 3. The SMILES string of the molecule is O=[SH](=O)c1n[nH]c2ncccc12. The van der Waals surface area contributed by atoms with Crippen molar-refractivity contribution in [2.75, 3.05) is 0 Å². The Balaban J connectivity index is 2.87. The van der Waals surface area contributed by atoms with Crippen molar-refractivity contribution in [1.29, 1.82) is 0 Å². The molecular formula is C6H5N3O2S. The number of aromatic amines is 1. The van der Waals surface area contributed by atoms with E-state index in [4.69, 9.17) is 0 Å². The van der Waals surface area contributed by atoms with Crippen molar-refractivity contribution in [3.8, 4) is 0 Å².